The van der Waals surface area contributed by atoms with Crippen LogP contribution in [0.3, 0.4) is 0 Å². The summed E-state index contributed by atoms with van der Waals surface area (Å²) in [6, 6.07) is 0. The standard InChI is InChI=1S/2C6H11O3.2C3H8O.Ti/c2*1-3-4-9-6(8)5(2)7;2*1-3(2)4;/h2*5,7H,2-4H2,1H3;2*3-4H,1-2H3;/q2*-1;;;+2. The Labute approximate surface area is 179 Å². The predicted octanol–water partition coefficient (Wildman–Crippen LogP) is 1.04. The Morgan fingerprint density at radius 3 is 1.04 bits per heavy atom. The van der Waals surface area contributed by atoms with Crippen LogP contribution >= 0.6 is 0 Å². The first-order chi connectivity index (χ1) is 11.8. The number of aliphatic hydroxyl groups is 4. The van der Waals surface area contributed by atoms with Crippen LogP contribution in [-0.2, 0) is 40.8 Å². The number of aliphatic hydroxyl groups excluding tert-OH is 4. The van der Waals surface area contributed by atoms with E-state index in [0.717, 1.165) is 12.8 Å². The zero-order valence-electron chi connectivity index (χ0n) is 17.5. The summed E-state index contributed by atoms with van der Waals surface area (Å²) in [5.41, 5.74) is 0. The van der Waals surface area contributed by atoms with Gasteiger partial charge in [0.05, 0.1) is 13.2 Å². The van der Waals surface area contributed by atoms with E-state index in [1.807, 2.05) is 13.8 Å². The van der Waals surface area contributed by atoms with Gasteiger partial charge in [0.15, 0.2) is 0 Å². The fourth-order valence-electron chi connectivity index (χ4n) is 0.598. The molecule has 2 unspecified atom stereocenters. The van der Waals surface area contributed by atoms with E-state index in [1.54, 1.807) is 27.7 Å². The van der Waals surface area contributed by atoms with Gasteiger partial charge in [0.25, 0.3) is 0 Å². The van der Waals surface area contributed by atoms with Crippen LogP contribution in [0.1, 0.15) is 54.4 Å². The van der Waals surface area contributed by atoms with E-state index >= 15 is 0 Å². The van der Waals surface area contributed by atoms with Gasteiger partial charge in [-0.1, -0.05) is 13.8 Å². The van der Waals surface area contributed by atoms with Crippen molar-refractivity contribution in [3.8, 4) is 0 Å². The number of carbonyl (C=O) groups is 2. The number of ether oxygens (including phenoxy) is 2. The van der Waals surface area contributed by atoms with Gasteiger partial charge in [0.1, 0.15) is 0 Å². The Morgan fingerprint density at radius 1 is 0.741 bits per heavy atom. The molecular formula is C18H38O8Ti. The second kappa shape index (κ2) is 27.7. The molecule has 0 rings (SSSR count). The second-order valence-corrected chi connectivity index (χ2v) is 5.55. The van der Waals surface area contributed by atoms with Crippen molar-refractivity contribution in [2.24, 2.45) is 0 Å². The van der Waals surface area contributed by atoms with Crippen molar-refractivity contribution in [2.45, 2.75) is 78.8 Å². The minimum atomic E-state index is -1.24. The van der Waals surface area contributed by atoms with Crippen LogP contribution in [0.4, 0.5) is 0 Å². The minimum absolute atomic E-state index is 0. The zero-order valence-corrected chi connectivity index (χ0v) is 19.0. The molecule has 0 aliphatic heterocycles. The third-order valence-corrected chi connectivity index (χ3v) is 1.44. The van der Waals surface area contributed by atoms with Crippen molar-refractivity contribution < 1.29 is 61.2 Å². The first kappa shape index (κ1) is 37.3. The monoisotopic (exact) mass is 430 g/mol. The molecule has 162 valence electrons. The van der Waals surface area contributed by atoms with Gasteiger partial charge in [-0.25, -0.2) is 0 Å². The van der Waals surface area contributed by atoms with Crippen molar-refractivity contribution in [1.29, 1.82) is 0 Å². The number of esters is 2. The van der Waals surface area contributed by atoms with Crippen LogP contribution in [-0.4, -0.2) is 70.0 Å². The average molecular weight is 430 g/mol. The molecular weight excluding hydrogens is 392 g/mol. The van der Waals surface area contributed by atoms with Gasteiger partial charge in [-0.15, -0.1) is 0 Å². The molecule has 27 heavy (non-hydrogen) atoms. The molecule has 0 fully saturated rings. The van der Waals surface area contributed by atoms with Crippen LogP contribution in [0.15, 0.2) is 0 Å². The fourth-order valence-corrected chi connectivity index (χ4v) is 0.598. The van der Waals surface area contributed by atoms with Gasteiger partial charge in [-0.3, -0.25) is 9.59 Å². The topological polar surface area (TPSA) is 134 Å². The molecule has 0 aromatic heterocycles. The number of rotatable bonds is 6. The van der Waals surface area contributed by atoms with Crippen LogP contribution in [0.5, 0.6) is 0 Å². The molecule has 0 heterocycles. The largest absolute Gasteiger partial charge is 2.00 e. The van der Waals surface area contributed by atoms with E-state index in [-0.39, 0.29) is 33.9 Å². The van der Waals surface area contributed by atoms with Gasteiger partial charge in [-0.2, -0.15) is 0 Å². The maximum Gasteiger partial charge on any atom is 2.00 e. The van der Waals surface area contributed by atoms with E-state index in [4.69, 9.17) is 20.4 Å². The summed E-state index contributed by atoms with van der Waals surface area (Å²) >= 11 is 0. The molecule has 0 saturated heterocycles. The van der Waals surface area contributed by atoms with Gasteiger partial charge < -0.3 is 43.7 Å². The minimum Gasteiger partial charge on any atom is -0.466 e. The second-order valence-electron chi connectivity index (χ2n) is 5.55. The van der Waals surface area contributed by atoms with E-state index in [9.17, 15) is 9.59 Å². The first-order valence-corrected chi connectivity index (χ1v) is 8.54. The summed E-state index contributed by atoms with van der Waals surface area (Å²) in [6.45, 7) is 17.5. The first-order valence-electron chi connectivity index (χ1n) is 8.54. The van der Waals surface area contributed by atoms with Crippen molar-refractivity contribution in [3.05, 3.63) is 13.8 Å². The summed E-state index contributed by atoms with van der Waals surface area (Å²) in [7, 11) is 0. The molecule has 0 saturated carbocycles. The van der Waals surface area contributed by atoms with E-state index in [0.29, 0.717) is 13.2 Å². The molecule has 2 atom stereocenters. The van der Waals surface area contributed by atoms with Crippen LogP contribution in [0, 0.1) is 13.8 Å². The molecule has 4 N–H and O–H groups in total. The maximum atomic E-state index is 10.4. The van der Waals surface area contributed by atoms with Gasteiger partial charge >= 0.3 is 33.7 Å². The molecule has 8 nitrogen and oxygen atoms in total. The molecule has 0 aliphatic carbocycles. The third-order valence-electron chi connectivity index (χ3n) is 1.44. The maximum absolute atomic E-state index is 10.4. The Balaban J connectivity index is -0.0000000843. The average Bonchev–Trinajstić information content (AvgIpc) is 2.49. The molecule has 0 aliphatic rings. The summed E-state index contributed by atoms with van der Waals surface area (Å²) < 4.78 is 9.00. The van der Waals surface area contributed by atoms with E-state index < -0.39 is 24.1 Å². The zero-order chi connectivity index (χ0) is 21.7. The van der Waals surface area contributed by atoms with Gasteiger partial charge in [-0.05, 0) is 40.5 Å². The summed E-state index contributed by atoms with van der Waals surface area (Å²) in [4.78, 5) is 20.7. The SMILES string of the molecule is CC(C)O.CC(C)O.[CH2-]C(O)C(=O)OCCC.[CH2-]C(O)C(=O)OCCC.[Ti+2]. The normalized spacial score (nSPS) is 11.2. The van der Waals surface area contributed by atoms with E-state index in [1.165, 1.54) is 0 Å². The number of hydrogen-bond acceptors (Lipinski definition) is 8. The molecule has 9 heteroatoms. The Morgan fingerprint density at radius 2 is 0.926 bits per heavy atom. The van der Waals surface area contributed by atoms with Crippen molar-refractivity contribution in [2.75, 3.05) is 13.2 Å². The van der Waals surface area contributed by atoms with Gasteiger partial charge in [0.2, 0.25) is 0 Å². The Bertz CT molecular complexity index is 272. The molecule has 0 aromatic rings. The van der Waals surface area contributed by atoms with Crippen LogP contribution in [0.2, 0.25) is 0 Å². The molecule has 0 bridgehead atoms. The van der Waals surface area contributed by atoms with Crippen molar-refractivity contribution in [1.82, 2.24) is 0 Å². The fraction of sp³-hybridized carbons (Fsp3) is 0.778. The Hall–Kier alpha value is -0.506. The van der Waals surface area contributed by atoms with Crippen molar-refractivity contribution in [3.63, 3.8) is 0 Å². The predicted molar refractivity (Wildman–Crippen MR) is 99.9 cm³/mol. The van der Waals surface area contributed by atoms with Crippen molar-refractivity contribution >= 4 is 11.9 Å². The summed E-state index contributed by atoms with van der Waals surface area (Å²) in [5.74, 6) is -1.31. The third kappa shape index (κ3) is 58.6. The van der Waals surface area contributed by atoms with Gasteiger partial charge in [0, 0.05) is 24.4 Å². The van der Waals surface area contributed by atoms with Crippen LogP contribution < -0.4 is 0 Å². The quantitative estimate of drug-likeness (QED) is 0.279. The molecule has 0 aromatic carbocycles. The molecule has 0 amide bonds. The summed E-state index contributed by atoms with van der Waals surface area (Å²) in [5, 5.41) is 33.0. The van der Waals surface area contributed by atoms with E-state index in [2.05, 4.69) is 23.3 Å². The van der Waals surface area contributed by atoms with Crippen LogP contribution in [0.25, 0.3) is 0 Å². The molecule has 0 spiro atoms. The number of hydrogen-bond donors (Lipinski definition) is 4. The smallest absolute Gasteiger partial charge is 0.466 e. The summed E-state index contributed by atoms with van der Waals surface area (Å²) in [6.07, 6.45) is -1.29. The molecule has 0 radical (unpaired) electrons. The Kier molecular flexibility index (Phi) is 38.3. The number of carbonyl (C=O) groups excluding carboxylic acids is 2.